The molecule has 88 valence electrons. The van der Waals surface area contributed by atoms with Crippen LogP contribution in [0, 0.1) is 5.82 Å². The van der Waals surface area contributed by atoms with E-state index in [-0.39, 0.29) is 11.3 Å². The van der Waals surface area contributed by atoms with E-state index in [1.807, 2.05) is 20.8 Å². The number of halogens is 1. The number of nitrogens with two attached hydrogens (primary N) is 1. The number of methoxy groups -OCH3 is 1. The molecule has 16 heavy (non-hydrogen) atoms. The maximum Gasteiger partial charge on any atom is 0.165 e. The lowest BCUT2D eigenvalue weighted by molar-refractivity contribution is 0.386. The molecule has 2 N–H and O–H groups in total. The number of amidine groups is 1. The van der Waals surface area contributed by atoms with Crippen molar-refractivity contribution < 1.29 is 9.13 Å². The van der Waals surface area contributed by atoms with Crippen molar-refractivity contribution in [3.8, 4) is 5.75 Å². The first-order chi connectivity index (χ1) is 7.33. The summed E-state index contributed by atoms with van der Waals surface area (Å²) in [5.74, 6) is 0.144. The lowest BCUT2D eigenvalue weighted by Crippen LogP contribution is -2.21. The molecule has 1 aromatic carbocycles. The second kappa shape index (κ2) is 4.51. The van der Waals surface area contributed by atoms with Crippen LogP contribution in [0.2, 0.25) is 0 Å². The molecule has 0 heterocycles. The molecule has 0 unspecified atom stereocenters. The molecule has 0 aromatic heterocycles. The average Bonchev–Trinajstić information content (AvgIpc) is 2.15. The minimum Gasteiger partial charge on any atom is -0.494 e. The van der Waals surface area contributed by atoms with Crippen molar-refractivity contribution in [2.75, 3.05) is 7.11 Å². The molecule has 0 fully saturated rings. The molecular weight excluding hydrogens is 207 g/mol. The van der Waals surface area contributed by atoms with Crippen LogP contribution in [0.4, 0.5) is 4.39 Å². The van der Waals surface area contributed by atoms with Crippen molar-refractivity contribution in [1.29, 1.82) is 0 Å². The molecule has 1 rings (SSSR count). The minimum atomic E-state index is -0.408. The number of nitrogens with zero attached hydrogens (tertiary/aromatic N) is 1. The Balaban J connectivity index is 3.10. The minimum absolute atomic E-state index is 0.171. The van der Waals surface area contributed by atoms with Crippen molar-refractivity contribution in [2.24, 2.45) is 10.7 Å². The molecule has 0 atom stereocenters. The van der Waals surface area contributed by atoms with Crippen molar-refractivity contribution in [1.82, 2.24) is 0 Å². The van der Waals surface area contributed by atoms with Gasteiger partial charge in [0.15, 0.2) is 11.6 Å². The molecule has 0 spiro atoms. The SMILES string of the molecule is COc1cc(C(N)=NC(C)(C)C)ccc1F. The van der Waals surface area contributed by atoms with Crippen LogP contribution >= 0.6 is 0 Å². The highest BCUT2D eigenvalue weighted by atomic mass is 19.1. The van der Waals surface area contributed by atoms with E-state index in [1.165, 1.54) is 13.2 Å². The zero-order valence-electron chi connectivity index (χ0n) is 10.0. The van der Waals surface area contributed by atoms with E-state index >= 15 is 0 Å². The Kier molecular flexibility index (Phi) is 3.52. The molecule has 0 aliphatic rings. The van der Waals surface area contributed by atoms with E-state index in [1.54, 1.807) is 12.1 Å². The second-order valence-electron chi connectivity index (χ2n) is 4.52. The lowest BCUT2D eigenvalue weighted by Gasteiger charge is -2.14. The van der Waals surface area contributed by atoms with E-state index in [0.29, 0.717) is 11.4 Å². The van der Waals surface area contributed by atoms with E-state index in [9.17, 15) is 4.39 Å². The summed E-state index contributed by atoms with van der Waals surface area (Å²) in [7, 11) is 1.42. The molecule has 4 heteroatoms. The molecule has 0 aliphatic carbocycles. The first-order valence-electron chi connectivity index (χ1n) is 5.03. The van der Waals surface area contributed by atoms with Gasteiger partial charge in [0, 0.05) is 5.56 Å². The van der Waals surface area contributed by atoms with Gasteiger partial charge in [-0.25, -0.2) is 4.39 Å². The van der Waals surface area contributed by atoms with Gasteiger partial charge in [0.1, 0.15) is 5.84 Å². The third-order valence-electron chi connectivity index (χ3n) is 1.90. The maximum absolute atomic E-state index is 13.2. The fourth-order valence-corrected chi connectivity index (χ4v) is 1.25. The van der Waals surface area contributed by atoms with Crippen molar-refractivity contribution >= 4 is 5.84 Å². The summed E-state index contributed by atoms with van der Waals surface area (Å²) in [4.78, 5) is 4.30. The zero-order chi connectivity index (χ0) is 12.3. The Morgan fingerprint density at radius 2 is 2.00 bits per heavy atom. The van der Waals surface area contributed by atoms with Crippen LogP contribution in [0.5, 0.6) is 5.75 Å². The number of hydrogen-bond donors (Lipinski definition) is 1. The van der Waals surface area contributed by atoms with Crippen LogP contribution in [0.25, 0.3) is 0 Å². The topological polar surface area (TPSA) is 47.6 Å². The van der Waals surface area contributed by atoms with Gasteiger partial charge in [0.25, 0.3) is 0 Å². The van der Waals surface area contributed by atoms with E-state index in [2.05, 4.69) is 4.99 Å². The molecule has 0 aliphatic heterocycles. The van der Waals surface area contributed by atoms with Gasteiger partial charge in [-0.1, -0.05) is 0 Å². The van der Waals surface area contributed by atoms with Crippen molar-refractivity contribution in [3.05, 3.63) is 29.6 Å². The number of benzene rings is 1. The van der Waals surface area contributed by atoms with Crippen LogP contribution in [0.15, 0.2) is 23.2 Å². The Morgan fingerprint density at radius 3 is 2.50 bits per heavy atom. The van der Waals surface area contributed by atoms with Crippen LogP contribution < -0.4 is 10.5 Å². The molecule has 0 amide bonds. The van der Waals surface area contributed by atoms with Gasteiger partial charge in [-0.05, 0) is 39.0 Å². The number of ether oxygens (including phenoxy) is 1. The lowest BCUT2D eigenvalue weighted by atomic mass is 10.1. The fourth-order valence-electron chi connectivity index (χ4n) is 1.25. The van der Waals surface area contributed by atoms with Crippen LogP contribution in [0.1, 0.15) is 26.3 Å². The first-order valence-corrected chi connectivity index (χ1v) is 5.03. The summed E-state index contributed by atoms with van der Waals surface area (Å²) in [6, 6.07) is 4.45. The van der Waals surface area contributed by atoms with Crippen molar-refractivity contribution in [3.63, 3.8) is 0 Å². The van der Waals surface area contributed by atoms with Gasteiger partial charge in [-0.2, -0.15) is 0 Å². The summed E-state index contributed by atoms with van der Waals surface area (Å²) in [6.45, 7) is 5.84. The third kappa shape index (κ3) is 3.22. The average molecular weight is 224 g/mol. The summed E-state index contributed by atoms with van der Waals surface area (Å²) in [6.07, 6.45) is 0. The Bertz CT molecular complexity index is 408. The Labute approximate surface area is 95.1 Å². The largest absolute Gasteiger partial charge is 0.494 e. The molecule has 1 aromatic rings. The number of hydrogen-bond acceptors (Lipinski definition) is 2. The highest BCUT2D eigenvalue weighted by molar-refractivity contribution is 5.98. The third-order valence-corrected chi connectivity index (χ3v) is 1.90. The molecule has 3 nitrogen and oxygen atoms in total. The molecule has 0 saturated heterocycles. The van der Waals surface area contributed by atoms with Crippen LogP contribution in [-0.2, 0) is 0 Å². The van der Waals surface area contributed by atoms with Crippen LogP contribution in [0.3, 0.4) is 0 Å². The van der Waals surface area contributed by atoms with Gasteiger partial charge in [-0.3, -0.25) is 4.99 Å². The fraction of sp³-hybridized carbons (Fsp3) is 0.417. The van der Waals surface area contributed by atoms with Crippen molar-refractivity contribution in [2.45, 2.75) is 26.3 Å². The van der Waals surface area contributed by atoms with Gasteiger partial charge < -0.3 is 10.5 Å². The number of aliphatic imine (C=N–C) groups is 1. The number of rotatable bonds is 2. The highest BCUT2D eigenvalue weighted by Gasteiger charge is 2.11. The predicted octanol–water partition coefficient (Wildman–Crippen LogP) is 2.34. The Morgan fingerprint density at radius 1 is 1.38 bits per heavy atom. The normalized spacial score (nSPS) is 12.7. The zero-order valence-corrected chi connectivity index (χ0v) is 10.0. The maximum atomic E-state index is 13.2. The van der Waals surface area contributed by atoms with E-state index < -0.39 is 5.82 Å². The second-order valence-corrected chi connectivity index (χ2v) is 4.52. The van der Waals surface area contributed by atoms with Gasteiger partial charge in [0.05, 0.1) is 12.6 Å². The van der Waals surface area contributed by atoms with Gasteiger partial charge >= 0.3 is 0 Å². The molecule has 0 saturated carbocycles. The van der Waals surface area contributed by atoms with Gasteiger partial charge in [0.2, 0.25) is 0 Å². The van der Waals surface area contributed by atoms with Crippen LogP contribution in [-0.4, -0.2) is 18.5 Å². The molecular formula is C12H17FN2O. The van der Waals surface area contributed by atoms with Gasteiger partial charge in [-0.15, -0.1) is 0 Å². The van der Waals surface area contributed by atoms with E-state index in [0.717, 1.165) is 0 Å². The quantitative estimate of drug-likeness (QED) is 0.619. The summed E-state index contributed by atoms with van der Waals surface area (Å²) >= 11 is 0. The predicted molar refractivity (Wildman–Crippen MR) is 63.4 cm³/mol. The standard InChI is InChI=1S/C12H17FN2O/c1-12(2,3)15-11(14)8-5-6-9(13)10(7-8)16-4/h5-7H,1-4H3,(H2,14,15). The summed E-state index contributed by atoms with van der Waals surface area (Å²) in [5.41, 5.74) is 6.23. The monoisotopic (exact) mass is 224 g/mol. The Hall–Kier alpha value is -1.58. The molecule has 0 bridgehead atoms. The highest BCUT2D eigenvalue weighted by Crippen LogP contribution is 2.18. The smallest absolute Gasteiger partial charge is 0.165 e. The summed E-state index contributed by atoms with van der Waals surface area (Å²) < 4.78 is 18.0. The van der Waals surface area contributed by atoms with E-state index in [4.69, 9.17) is 10.5 Å². The molecule has 0 radical (unpaired) electrons. The summed E-state index contributed by atoms with van der Waals surface area (Å²) in [5, 5.41) is 0. The first kappa shape index (κ1) is 12.5.